The average Bonchev–Trinajstić information content (AvgIpc) is 2.42. The lowest BCUT2D eigenvalue weighted by Crippen LogP contribution is -1.87. The van der Waals surface area contributed by atoms with Crippen molar-refractivity contribution >= 4 is 16.6 Å². The number of rotatable bonds is 1. The molecule has 0 aliphatic carbocycles. The van der Waals surface area contributed by atoms with Gasteiger partial charge in [0.05, 0.1) is 5.52 Å². The fraction of sp³-hybridized carbons (Fsp3) is 0.357. The highest BCUT2D eigenvalue weighted by molar-refractivity contribution is 5.81. The molecule has 2 heteroatoms. The molecule has 1 aromatic heterocycles. The lowest BCUT2D eigenvalue weighted by atomic mass is 10.2. The van der Waals surface area contributed by atoms with Crippen LogP contribution in [0.2, 0.25) is 0 Å². The van der Waals surface area contributed by atoms with Gasteiger partial charge in [0.1, 0.15) is 0 Å². The van der Waals surface area contributed by atoms with Crippen LogP contribution in [-0.2, 0) is 0 Å². The van der Waals surface area contributed by atoms with Gasteiger partial charge in [-0.05, 0) is 24.3 Å². The van der Waals surface area contributed by atoms with Crippen molar-refractivity contribution in [2.24, 2.45) is 0 Å². The molecule has 0 spiro atoms. The maximum atomic E-state index is 4.23. The molecule has 0 fully saturated rings. The van der Waals surface area contributed by atoms with Gasteiger partial charge in [-0.2, -0.15) is 0 Å². The molecule has 0 saturated heterocycles. The van der Waals surface area contributed by atoms with Gasteiger partial charge in [-0.3, -0.25) is 4.98 Å². The molecule has 1 heterocycles. The summed E-state index contributed by atoms with van der Waals surface area (Å²) in [7, 11) is 1.91. The van der Waals surface area contributed by atoms with Gasteiger partial charge in [-0.1, -0.05) is 33.8 Å². The Balaban J connectivity index is 0.000000509. The SMILES string of the molecule is CC.CC.CNc1ccc2ncccc2c1. The number of benzene rings is 1. The Morgan fingerprint density at radius 3 is 2.31 bits per heavy atom. The second kappa shape index (κ2) is 8.72. The van der Waals surface area contributed by atoms with Crippen LogP contribution in [-0.4, -0.2) is 12.0 Å². The Hall–Kier alpha value is -1.57. The van der Waals surface area contributed by atoms with Crippen molar-refractivity contribution < 1.29 is 0 Å². The van der Waals surface area contributed by atoms with Gasteiger partial charge >= 0.3 is 0 Å². The van der Waals surface area contributed by atoms with Crippen LogP contribution in [0.5, 0.6) is 0 Å². The fourth-order valence-corrected chi connectivity index (χ4v) is 1.23. The molecule has 0 amide bonds. The number of nitrogens with zero attached hydrogens (tertiary/aromatic N) is 1. The molecule has 0 saturated carbocycles. The summed E-state index contributed by atoms with van der Waals surface area (Å²) in [6.07, 6.45) is 1.81. The highest BCUT2D eigenvalue weighted by Gasteiger charge is 1.93. The van der Waals surface area contributed by atoms with Crippen LogP contribution in [0.4, 0.5) is 5.69 Å². The minimum absolute atomic E-state index is 1.04. The number of fused-ring (bicyclic) bond motifs is 1. The van der Waals surface area contributed by atoms with Crippen LogP contribution in [0, 0.1) is 0 Å². The van der Waals surface area contributed by atoms with Crippen LogP contribution < -0.4 is 5.32 Å². The van der Waals surface area contributed by atoms with Crippen molar-refractivity contribution in [3.63, 3.8) is 0 Å². The summed E-state index contributed by atoms with van der Waals surface area (Å²) in [6, 6.07) is 10.1. The fourth-order valence-electron chi connectivity index (χ4n) is 1.23. The minimum atomic E-state index is 1.04. The highest BCUT2D eigenvalue weighted by Crippen LogP contribution is 2.15. The standard InChI is InChI=1S/C10H10N2.2C2H6/c1-11-9-4-5-10-8(7-9)3-2-6-12-10;2*1-2/h2-7,11H,1H3;2*1-2H3. The number of pyridine rings is 1. The Bertz CT molecular complexity index is 397. The van der Waals surface area contributed by atoms with E-state index in [1.807, 2.05) is 52.9 Å². The number of anilines is 1. The summed E-state index contributed by atoms with van der Waals surface area (Å²) in [6.45, 7) is 8.00. The van der Waals surface area contributed by atoms with Crippen LogP contribution >= 0.6 is 0 Å². The van der Waals surface area contributed by atoms with E-state index in [1.54, 1.807) is 6.20 Å². The third-order valence-corrected chi connectivity index (χ3v) is 1.89. The quantitative estimate of drug-likeness (QED) is 0.770. The lowest BCUT2D eigenvalue weighted by molar-refractivity contribution is 1.41. The van der Waals surface area contributed by atoms with E-state index in [1.165, 1.54) is 5.39 Å². The molecule has 2 aromatic rings. The second-order valence-electron chi connectivity index (χ2n) is 2.66. The Morgan fingerprint density at radius 2 is 1.69 bits per heavy atom. The van der Waals surface area contributed by atoms with E-state index in [9.17, 15) is 0 Å². The van der Waals surface area contributed by atoms with Crippen molar-refractivity contribution in [2.75, 3.05) is 12.4 Å². The highest BCUT2D eigenvalue weighted by atomic mass is 14.8. The van der Waals surface area contributed by atoms with Gasteiger partial charge in [0.25, 0.3) is 0 Å². The third kappa shape index (κ3) is 3.89. The number of nitrogens with one attached hydrogen (secondary N) is 1. The summed E-state index contributed by atoms with van der Waals surface area (Å²) < 4.78 is 0. The average molecular weight is 218 g/mol. The van der Waals surface area contributed by atoms with E-state index in [4.69, 9.17) is 0 Å². The zero-order valence-corrected chi connectivity index (χ0v) is 10.9. The summed E-state index contributed by atoms with van der Waals surface area (Å²) >= 11 is 0. The summed E-state index contributed by atoms with van der Waals surface area (Å²) in [4.78, 5) is 4.23. The van der Waals surface area contributed by atoms with Crippen molar-refractivity contribution in [3.05, 3.63) is 36.5 Å². The Labute approximate surface area is 98.7 Å². The first kappa shape index (κ1) is 14.4. The van der Waals surface area contributed by atoms with Crippen molar-refractivity contribution in [1.82, 2.24) is 4.98 Å². The molecule has 0 atom stereocenters. The Morgan fingerprint density at radius 1 is 1.00 bits per heavy atom. The Kier molecular flexibility index (Phi) is 7.86. The van der Waals surface area contributed by atoms with E-state index < -0.39 is 0 Å². The van der Waals surface area contributed by atoms with Gasteiger partial charge in [-0.15, -0.1) is 0 Å². The van der Waals surface area contributed by atoms with E-state index in [2.05, 4.69) is 22.4 Å². The number of aromatic nitrogens is 1. The molecular weight excluding hydrogens is 196 g/mol. The van der Waals surface area contributed by atoms with Gasteiger partial charge in [0, 0.05) is 24.3 Å². The first-order chi connectivity index (χ1) is 7.90. The number of hydrogen-bond acceptors (Lipinski definition) is 2. The number of hydrogen-bond donors (Lipinski definition) is 1. The molecule has 0 unspecified atom stereocenters. The molecule has 0 bridgehead atoms. The zero-order chi connectivity index (χ0) is 12.4. The van der Waals surface area contributed by atoms with Gasteiger partial charge in [0.15, 0.2) is 0 Å². The van der Waals surface area contributed by atoms with Crippen LogP contribution in [0.15, 0.2) is 36.5 Å². The molecule has 1 N–H and O–H groups in total. The molecule has 88 valence electrons. The molecule has 0 radical (unpaired) electrons. The summed E-state index contributed by atoms with van der Waals surface area (Å²) in [5.41, 5.74) is 2.16. The lowest BCUT2D eigenvalue weighted by Gasteiger charge is -2.00. The topological polar surface area (TPSA) is 24.9 Å². The van der Waals surface area contributed by atoms with Crippen LogP contribution in [0.1, 0.15) is 27.7 Å². The van der Waals surface area contributed by atoms with E-state index in [0.29, 0.717) is 0 Å². The largest absolute Gasteiger partial charge is 0.388 e. The first-order valence-corrected chi connectivity index (χ1v) is 5.93. The van der Waals surface area contributed by atoms with Crippen LogP contribution in [0.25, 0.3) is 10.9 Å². The molecule has 0 aliphatic rings. The van der Waals surface area contributed by atoms with Crippen LogP contribution in [0.3, 0.4) is 0 Å². The van der Waals surface area contributed by atoms with Gasteiger partial charge in [0.2, 0.25) is 0 Å². The van der Waals surface area contributed by atoms with E-state index in [-0.39, 0.29) is 0 Å². The van der Waals surface area contributed by atoms with E-state index >= 15 is 0 Å². The third-order valence-electron chi connectivity index (χ3n) is 1.89. The minimum Gasteiger partial charge on any atom is -0.388 e. The maximum absolute atomic E-state index is 4.23. The second-order valence-corrected chi connectivity index (χ2v) is 2.66. The first-order valence-electron chi connectivity index (χ1n) is 5.93. The molecule has 1 aromatic carbocycles. The summed E-state index contributed by atoms with van der Waals surface area (Å²) in [5.74, 6) is 0. The van der Waals surface area contributed by atoms with Crippen molar-refractivity contribution in [2.45, 2.75) is 27.7 Å². The molecular formula is C14H22N2. The zero-order valence-electron chi connectivity index (χ0n) is 10.9. The predicted octanol–water partition coefficient (Wildman–Crippen LogP) is 4.33. The smallest absolute Gasteiger partial charge is 0.0703 e. The molecule has 16 heavy (non-hydrogen) atoms. The molecule has 2 rings (SSSR count). The van der Waals surface area contributed by atoms with Crippen molar-refractivity contribution in [3.8, 4) is 0 Å². The van der Waals surface area contributed by atoms with Gasteiger partial charge in [-0.25, -0.2) is 0 Å². The normalized spacial score (nSPS) is 8.31. The monoisotopic (exact) mass is 218 g/mol. The maximum Gasteiger partial charge on any atom is 0.0703 e. The van der Waals surface area contributed by atoms with Crippen molar-refractivity contribution in [1.29, 1.82) is 0 Å². The molecule has 2 nitrogen and oxygen atoms in total. The predicted molar refractivity (Wildman–Crippen MR) is 74.0 cm³/mol. The summed E-state index contributed by atoms with van der Waals surface area (Å²) in [5, 5.41) is 4.26. The molecule has 0 aliphatic heterocycles. The van der Waals surface area contributed by atoms with E-state index in [0.717, 1.165) is 11.2 Å². The van der Waals surface area contributed by atoms with Gasteiger partial charge < -0.3 is 5.32 Å².